The van der Waals surface area contributed by atoms with Crippen molar-refractivity contribution < 1.29 is 0 Å². The van der Waals surface area contributed by atoms with Crippen molar-refractivity contribution in [1.29, 1.82) is 0 Å². The van der Waals surface area contributed by atoms with E-state index in [2.05, 4.69) is 48.0 Å². The van der Waals surface area contributed by atoms with E-state index in [1.165, 1.54) is 11.3 Å². The summed E-state index contributed by atoms with van der Waals surface area (Å²) in [5.41, 5.74) is 3.57. The van der Waals surface area contributed by atoms with Crippen molar-refractivity contribution in [3.8, 4) is 0 Å². The molecule has 0 amide bonds. The van der Waals surface area contributed by atoms with Crippen molar-refractivity contribution in [3.63, 3.8) is 0 Å². The second-order valence-electron chi connectivity index (χ2n) is 6.20. The van der Waals surface area contributed by atoms with Crippen molar-refractivity contribution in [2.24, 2.45) is 12.0 Å². The van der Waals surface area contributed by atoms with E-state index in [0.29, 0.717) is 0 Å². The largest absolute Gasteiger partial charge is 0.352 e. The van der Waals surface area contributed by atoms with Crippen molar-refractivity contribution in [3.05, 3.63) is 17.0 Å². The van der Waals surface area contributed by atoms with E-state index in [-0.39, 0.29) is 28.7 Å². The predicted octanol–water partition coefficient (Wildman–Crippen LogP) is 2.56. The molecule has 1 aliphatic heterocycles. The minimum absolute atomic E-state index is 0. The van der Waals surface area contributed by atoms with Crippen LogP contribution in [0.15, 0.2) is 4.99 Å². The molecule has 0 spiro atoms. The van der Waals surface area contributed by atoms with E-state index < -0.39 is 0 Å². The first-order valence-electron chi connectivity index (χ1n) is 7.42. The van der Waals surface area contributed by atoms with E-state index in [9.17, 15) is 0 Å². The first-order valence-corrected chi connectivity index (χ1v) is 8.41. The zero-order valence-electron chi connectivity index (χ0n) is 14.4. The van der Waals surface area contributed by atoms with Gasteiger partial charge in [-0.1, -0.05) is 0 Å². The number of thioether (sulfide) groups is 1. The Bertz CT molecular complexity index is 538. The fourth-order valence-electron chi connectivity index (χ4n) is 2.77. The number of guanidine groups is 1. The van der Waals surface area contributed by atoms with Crippen LogP contribution in [0.4, 0.5) is 0 Å². The number of aryl methyl sites for hydroxylation is 2. The van der Waals surface area contributed by atoms with Gasteiger partial charge in [0, 0.05) is 55.5 Å². The summed E-state index contributed by atoms with van der Waals surface area (Å²) in [6.45, 7) is 11.6. The van der Waals surface area contributed by atoms with Gasteiger partial charge in [-0.05, 0) is 27.7 Å². The van der Waals surface area contributed by atoms with Crippen molar-refractivity contribution in [2.75, 3.05) is 25.9 Å². The maximum atomic E-state index is 4.47. The van der Waals surface area contributed by atoms with Crippen molar-refractivity contribution in [2.45, 2.75) is 39.0 Å². The van der Waals surface area contributed by atoms with Crippen LogP contribution in [-0.2, 0) is 13.6 Å². The van der Waals surface area contributed by atoms with E-state index in [1.807, 2.05) is 30.5 Å². The number of hydrogen-bond acceptors (Lipinski definition) is 3. The highest BCUT2D eigenvalue weighted by molar-refractivity contribution is 14.0. The van der Waals surface area contributed by atoms with Gasteiger partial charge in [-0.3, -0.25) is 9.67 Å². The molecule has 126 valence electrons. The molecule has 0 aliphatic carbocycles. The number of halogens is 1. The van der Waals surface area contributed by atoms with E-state index in [0.717, 1.165) is 37.0 Å². The maximum Gasteiger partial charge on any atom is 0.193 e. The summed E-state index contributed by atoms with van der Waals surface area (Å²) in [4.78, 5) is 6.81. The molecule has 0 bridgehead atoms. The Morgan fingerprint density at radius 3 is 2.59 bits per heavy atom. The highest BCUT2D eigenvalue weighted by atomic mass is 127. The van der Waals surface area contributed by atoms with Gasteiger partial charge < -0.3 is 10.2 Å². The Balaban J connectivity index is 0.00000242. The van der Waals surface area contributed by atoms with Crippen LogP contribution in [0.3, 0.4) is 0 Å². The molecule has 1 aliphatic rings. The number of rotatable bonds is 2. The molecule has 7 heteroatoms. The third-order valence-electron chi connectivity index (χ3n) is 4.02. The number of aromatic nitrogens is 2. The predicted molar refractivity (Wildman–Crippen MR) is 106 cm³/mol. The van der Waals surface area contributed by atoms with Gasteiger partial charge in [0.25, 0.3) is 0 Å². The molecule has 1 aromatic rings. The molecular weight excluding hydrogens is 409 g/mol. The fourth-order valence-corrected chi connectivity index (χ4v) is 3.88. The molecule has 0 atom stereocenters. The van der Waals surface area contributed by atoms with Crippen LogP contribution in [0.1, 0.15) is 30.8 Å². The molecule has 1 N–H and O–H groups in total. The Hall–Kier alpha value is -0.440. The second kappa shape index (κ2) is 7.90. The maximum absolute atomic E-state index is 4.47. The molecule has 1 aromatic heterocycles. The average Bonchev–Trinajstić information content (AvgIpc) is 2.64. The average molecular weight is 437 g/mol. The van der Waals surface area contributed by atoms with Crippen LogP contribution >= 0.6 is 35.7 Å². The Labute approximate surface area is 155 Å². The summed E-state index contributed by atoms with van der Waals surface area (Å²) in [5.74, 6) is 2.14. The highest BCUT2D eigenvalue weighted by Crippen LogP contribution is 2.29. The standard InChI is InChI=1S/C15H27N5S.HI/c1-11-13(12(2)19(6)18-11)9-17-14(16-5)20-7-8-21-15(3,4)10-20;/h7-10H2,1-6H3,(H,16,17);1H. The van der Waals surface area contributed by atoms with Crippen LogP contribution in [0, 0.1) is 13.8 Å². The molecular formula is C15H28IN5S. The normalized spacial score (nSPS) is 18.1. The van der Waals surface area contributed by atoms with Gasteiger partial charge in [0.15, 0.2) is 5.96 Å². The molecule has 5 nitrogen and oxygen atoms in total. The summed E-state index contributed by atoms with van der Waals surface area (Å²) in [6, 6.07) is 0. The molecule has 1 saturated heterocycles. The SMILES string of the molecule is CN=C(NCc1c(C)nn(C)c1C)N1CCSC(C)(C)C1.I. The van der Waals surface area contributed by atoms with Crippen LogP contribution < -0.4 is 5.32 Å². The molecule has 1 fully saturated rings. The molecule has 2 rings (SSSR count). The summed E-state index contributed by atoms with van der Waals surface area (Å²) in [6.07, 6.45) is 0. The first-order chi connectivity index (χ1) is 9.84. The number of nitrogens with zero attached hydrogens (tertiary/aromatic N) is 4. The fraction of sp³-hybridized carbons (Fsp3) is 0.733. The number of aliphatic imine (C=N–C) groups is 1. The molecule has 0 saturated carbocycles. The zero-order valence-corrected chi connectivity index (χ0v) is 17.6. The van der Waals surface area contributed by atoms with Gasteiger partial charge in [0.1, 0.15) is 0 Å². The van der Waals surface area contributed by atoms with Gasteiger partial charge in [0.2, 0.25) is 0 Å². The molecule has 2 heterocycles. The zero-order chi connectivity index (χ0) is 15.6. The summed E-state index contributed by atoms with van der Waals surface area (Å²) < 4.78 is 2.23. The summed E-state index contributed by atoms with van der Waals surface area (Å²) in [7, 11) is 3.85. The van der Waals surface area contributed by atoms with Gasteiger partial charge in [-0.25, -0.2) is 0 Å². The smallest absolute Gasteiger partial charge is 0.193 e. The van der Waals surface area contributed by atoms with E-state index in [1.54, 1.807) is 0 Å². The molecule has 0 aromatic carbocycles. The van der Waals surface area contributed by atoms with Gasteiger partial charge in [-0.2, -0.15) is 16.9 Å². The van der Waals surface area contributed by atoms with Crippen LogP contribution in [-0.4, -0.2) is 51.3 Å². The lowest BCUT2D eigenvalue weighted by molar-refractivity contribution is 0.375. The quantitative estimate of drug-likeness (QED) is 0.439. The minimum Gasteiger partial charge on any atom is -0.352 e. The van der Waals surface area contributed by atoms with Gasteiger partial charge in [-0.15, -0.1) is 24.0 Å². The van der Waals surface area contributed by atoms with E-state index in [4.69, 9.17) is 0 Å². The highest BCUT2D eigenvalue weighted by Gasteiger charge is 2.28. The lowest BCUT2D eigenvalue weighted by Crippen LogP contribution is -2.50. The first kappa shape index (κ1) is 19.6. The van der Waals surface area contributed by atoms with Crippen LogP contribution in [0.25, 0.3) is 0 Å². The topological polar surface area (TPSA) is 45.5 Å². The number of nitrogens with one attached hydrogen (secondary N) is 1. The van der Waals surface area contributed by atoms with E-state index >= 15 is 0 Å². The lowest BCUT2D eigenvalue weighted by atomic mass is 10.2. The minimum atomic E-state index is 0. The third kappa shape index (κ3) is 4.53. The lowest BCUT2D eigenvalue weighted by Gasteiger charge is -2.39. The Morgan fingerprint density at radius 2 is 2.09 bits per heavy atom. The van der Waals surface area contributed by atoms with Crippen LogP contribution in [0.2, 0.25) is 0 Å². The second-order valence-corrected chi connectivity index (χ2v) is 8.01. The molecule has 0 unspecified atom stereocenters. The summed E-state index contributed by atoms with van der Waals surface area (Å²) >= 11 is 2.04. The molecule has 22 heavy (non-hydrogen) atoms. The summed E-state index contributed by atoms with van der Waals surface area (Å²) in [5, 5.41) is 7.97. The Morgan fingerprint density at radius 1 is 1.41 bits per heavy atom. The molecule has 0 radical (unpaired) electrons. The monoisotopic (exact) mass is 437 g/mol. The van der Waals surface area contributed by atoms with Crippen molar-refractivity contribution in [1.82, 2.24) is 20.0 Å². The van der Waals surface area contributed by atoms with Gasteiger partial charge in [0.05, 0.1) is 5.69 Å². The van der Waals surface area contributed by atoms with Crippen molar-refractivity contribution >= 4 is 41.7 Å². The third-order valence-corrected chi connectivity index (χ3v) is 5.32. The Kier molecular flexibility index (Phi) is 7.04. The van der Waals surface area contributed by atoms with Gasteiger partial charge >= 0.3 is 0 Å². The van der Waals surface area contributed by atoms with Crippen LogP contribution in [0.5, 0.6) is 0 Å². The number of hydrogen-bond donors (Lipinski definition) is 1.